The van der Waals surface area contributed by atoms with Crippen LogP contribution in [-0.2, 0) is 23.1 Å². The second-order valence-corrected chi connectivity index (χ2v) is 7.53. The molecule has 3 rings (SSSR count). The largest absolute Gasteiger partial charge is 0.291 e. The van der Waals surface area contributed by atoms with E-state index in [1.165, 1.54) is 11.8 Å². The van der Waals surface area contributed by atoms with Crippen LogP contribution in [0.3, 0.4) is 0 Å². The van der Waals surface area contributed by atoms with Crippen molar-refractivity contribution in [3.63, 3.8) is 0 Å². The molecular formula is C15H20N4O2S. The lowest BCUT2D eigenvalue weighted by Crippen LogP contribution is -2.42. The van der Waals surface area contributed by atoms with Gasteiger partial charge in [-0.05, 0) is 11.6 Å². The van der Waals surface area contributed by atoms with Gasteiger partial charge in [0.05, 0.1) is 18.0 Å². The summed E-state index contributed by atoms with van der Waals surface area (Å²) in [6.45, 7) is 2.80. The van der Waals surface area contributed by atoms with Crippen molar-refractivity contribution in [2.45, 2.75) is 19.1 Å². The molecule has 0 unspecified atom stereocenters. The summed E-state index contributed by atoms with van der Waals surface area (Å²) in [6.07, 6.45) is 2.95. The number of sulfonamides is 1. The number of rotatable bonds is 5. The summed E-state index contributed by atoms with van der Waals surface area (Å²) >= 11 is 0. The lowest BCUT2D eigenvalue weighted by molar-refractivity contribution is 0.168. The number of nitrogens with zero attached hydrogens (tertiary/aromatic N) is 3. The topological polar surface area (TPSA) is 67.2 Å². The van der Waals surface area contributed by atoms with E-state index >= 15 is 0 Å². The van der Waals surface area contributed by atoms with Crippen molar-refractivity contribution in [2.75, 3.05) is 19.3 Å². The molecule has 1 aromatic carbocycles. The Morgan fingerprint density at radius 2 is 2.05 bits per heavy atom. The molecule has 1 atom stereocenters. The molecule has 2 heterocycles. The summed E-state index contributed by atoms with van der Waals surface area (Å²) in [5.41, 5.74) is 2.37. The Morgan fingerprint density at radius 1 is 1.27 bits per heavy atom. The van der Waals surface area contributed by atoms with E-state index in [4.69, 9.17) is 0 Å². The maximum Gasteiger partial charge on any atom is 0.208 e. The second-order valence-electron chi connectivity index (χ2n) is 5.70. The Balaban J connectivity index is 1.74. The summed E-state index contributed by atoms with van der Waals surface area (Å²) in [5.74, 6) is 0. The van der Waals surface area contributed by atoms with E-state index in [2.05, 4.69) is 26.9 Å². The van der Waals surface area contributed by atoms with Gasteiger partial charge in [0.25, 0.3) is 0 Å². The summed E-state index contributed by atoms with van der Waals surface area (Å²) in [5, 5.41) is 4.34. The van der Waals surface area contributed by atoms with Gasteiger partial charge in [-0.1, -0.05) is 30.3 Å². The predicted molar refractivity (Wildman–Crippen MR) is 84.7 cm³/mol. The van der Waals surface area contributed by atoms with Gasteiger partial charge in [-0.15, -0.1) is 0 Å². The van der Waals surface area contributed by atoms with Gasteiger partial charge in [0.15, 0.2) is 0 Å². The van der Waals surface area contributed by atoms with Crippen LogP contribution in [0.15, 0.2) is 42.6 Å². The second kappa shape index (κ2) is 6.20. The minimum Gasteiger partial charge on any atom is -0.291 e. The van der Waals surface area contributed by atoms with Crippen LogP contribution in [0.1, 0.15) is 17.3 Å². The Morgan fingerprint density at radius 3 is 2.77 bits per heavy atom. The fraction of sp³-hybridized carbons (Fsp3) is 0.400. The van der Waals surface area contributed by atoms with Crippen molar-refractivity contribution in [1.29, 1.82) is 0 Å². The minimum absolute atomic E-state index is 0.0113. The van der Waals surface area contributed by atoms with E-state index in [1.54, 1.807) is 6.20 Å². The van der Waals surface area contributed by atoms with Crippen molar-refractivity contribution in [3.8, 4) is 0 Å². The van der Waals surface area contributed by atoms with Crippen molar-refractivity contribution < 1.29 is 8.42 Å². The Bertz CT molecular complexity index is 727. The first-order valence-corrected chi connectivity index (χ1v) is 9.14. The minimum atomic E-state index is -3.20. The molecule has 0 radical (unpaired) electrons. The zero-order chi connectivity index (χ0) is 15.6. The van der Waals surface area contributed by atoms with Crippen LogP contribution in [0.2, 0.25) is 0 Å². The fourth-order valence-corrected chi connectivity index (χ4v) is 3.32. The monoisotopic (exact) mass is 320 g/mol. The molecule has 1 N–H and O–H groups in total. The molecule has 2 aromatic rings. The van der Waals surface area contributed by atoms with Gasteiger partial charge < -0.3 is 0 Å². The molecule has 1 aromatic heterocycles. The average Bonchev–Trinajstić information content (AvgIpc) is 2.93. The van der Waals surface area contributed by atoms with Crippen LogP contribution < -0.4 is 4.72 Å². The summed E-state index contributed by atoms with van der Waals surface area (Å²) in [6, 6.07) is 12.3. The molecule has 118 valence electrons. The van der Waals surface area contributed by atoms with Crippen LogP contribution in [0.4, 0.5) is 0 Å². The lowest BCUT2D eigenvalue weighted by Gasteiger charge is -2.34. The average molecular weight is 320 g/mol. The molecule has 0 fully saturated rings. The molecule has 0 saturated heterocycles. The summed E-state index contributed by atoms with van der Waals surface area (Å²) < 4.78 is 27.2. The fourth-order valence-electron chi connectivity index (χ4n) is 2.83. The number of fused-ring (bicyclic) bond motifs is 1. The van der Waals surface area contributed by atoms with E-state index in [-0.39, 0.29) is 6.04 Å². The molecule has 1 aliphatic rings. The molecule has 0 saturated carbocycles. The van der Waals surface area contributed by atoms with Crippen molar-refractivity contribution >= 4 is 10.0 Å². The highest BCUT2D eigenvalue weighted by molar-refractivity contribution is 7.88. The van der Waals surface area contributed by atoms with Gasteiger partial charge in [0.2, 0.25) is 10.0 Å². The van der Waals surface area contributed by atoms with Gasteiger partial charge in [-0.3, -0.25) is 9.58 Å². The van der Waals surface area contributed by atoms with E-state index < -0.39 is 10.0 Å². The molecule has 6 nitrogen and oxygen atoms in total. The van der Waals surface area contributed by atoms with Crippen molar-refractivity contribution in [1.82, 2.24) is 19.4 Å². The molecule has 0 amide bonds. The number of aromatic nitrogens is 2. The number of hydrogen-bond acceptors (Lipinski definition) is 4. The molecule has 0 spiro atoms. The molecule has 0 bridgehead atoms. The smallest absolute Gasteiger partial charge is 0.208 e. The number of hydrogen-bond donors (Lipinski definition) is 1. The van der Waals surface area contributed by atoms with E-state index in [9.17, 15) is 8.42 Å². The van der Waals surface area contributed by atoms with Gasteiger partial charge in [0, 0.05) is 32.4 Å². The lowest BCUT2D eigenvalue weighted by atomic mass is 10.1. The molecule has 22 heavy (non-hydrogen) atoms. The first-order valence-electron chi connectivity index (χ1n) is 7.24. The van der Waals surface area contributed by atoms with Gasteiger partial charge >= 0.3 is 0 Å². The SMILES string of the molecule is CS(=O)(=O)NC[C@@H]1CN(Cc2ccccc2)Cc2ccnn21. The molecule has 7 heteroatoms. The first kappa shape index (κ1) is 15.2. The maximum atomic E-state index is 11.3. The van der Waals surface area contributed by atoms with Crippen LogP contribution in [0.5, 0.6) is 0 Å². The Labute approximate surface area is 130 Å². The highest BCUT2D eigenvalue weighted by Gasteiger charge is 2.26. The Kier molecular flexibility index (Phi) is 4.28. The van der Waals surface area contributed by atoms with Crippen LogP contribution >= 0.6 is 0 Å². The quantitative estimate of drug-likeness (QED) is 0.892. The number of nitrogens with one attached hydrogen (secondary N) is 1. The van der Waals surface area contributed by atoms with Gasteiger partial charge in [-0.2, -0.15) is 5.10 Å². The van der Waals surface area contributed by atoms with E-state index in [1.807, 2.05) is 28.9 Å². The third kappa shape index (κ3) is 3.73. The molecule has 0 aliphatic carbocycles. The molecule has 1 aliphatic heterocycles. The van der Waals surface area contributed by atoms with Crippen LogP contribution in [-0.4, -0.2) is 42.4 Å². The normalized spacial score (nSPS) is 19.0. The summed E-state index contributed by atoms with van der Waals surface area (Å²) in [7, 11) is -3.20. The third-order valence-electron chi connectivity index (χ3n) is 3.78. The van der Waals surface area contributed by atoms with Crippen molar-refractivity contribution in [2.24, 2.45) is 0 Å². The van der Waals surface area contributed by atoms with Crippen molar-refractivity contribution in [3.05, 3.63) is 53.9 Å². The Hall–Kier alpha value is -1.70. The van der Waals surface area contributed by atoms with E-state index in [0.29, 0.717) is 6.54 Å². The van der Waals surface area contributed by atoms with Gasteiger partial charge in [0.1, 0.15) is 0 Å². The molecular weight excluding hydrogens is 300 g/mol. The zero-order valence-corrected chi connectivity index (χ0v) is 13.3. The van der Waals surface area contributed by atoms with E-state index in [0.717, 1.165) is 25.3 Å². The summed E-state index contributed by atoms with van der Waals surface area (Å²) in [4.78, 5) is 2.32. The first-order chi connectivity index (χ1) is 10.5. The van der Waals surface area contributed by atoms with Crippen LogP contribution in [0.25, 0.3) is 0 Å². The highest BCUT2D eigenvalue weighted by Crippen LogP contribution is 2.21. The highest BCUT2D eigenvalue weighted by atomic mass is 32.2. The third-order valence-corrected chi connectivity index (χ3v) is 4.47. The van der Waals surface area contributed by atoms with Crippen LogP contribution in [0, 0.1) is 0 Å². The maximum absolute atomic E-state index is 11.3. The standard InChI is InChI=1S/C15H20N4O2S/c1-22(20,21)17-9-15-12-18(10-13-5-3-2-4-6-13)11-14-7-8-16-19(14)15/h2-8,15,17H,9-12H2,1H3/t15-/m1/s1. The predicted octanol–water partition coefficient (Wildman–Crippen LogP) is 0.989. The number of benzene rings is 1. The van der Waals surface area contributed by atoms with Gasteiger partial charge in [-0.25, -0.2) is 13.1 Å². The zero-order valence-electron chi connectivity index (χ0n) is 12.5.